The van der Waals surface area contributed by atoms with E-state index >= 15 is 0 Å². The number of nitrogens with zero attached hydrogens (tertiary/aromatic N) is 2. The maximum Gasteiger partial charge on any atom is 0.321 e. The number of amides is 2. The van der Waals surface area contributed by atoms with Gasteiger partial charge in [0, 0.05) is 31.2 Å². The molecule has 0 aliphatic carbocycles. The van der Waals surface area contributed by atoms with Crippen LogP contribution in [0.1, 0.15) is 5.56 Å². The Bertz CT molecular complexity index is 546. The standard InChI is InChI=1S/C16H19N3O2/c20-13-12-19(11-8-14-4-2-1-3-5-14)16(21)18-15-6-9-17-10-7-15/h1-7,9-10,20H,8,11-13H2,(H,17,18,21). The van der Waals surface area contributed by atoms with E-state index in [4.69, 9.17) is 5.11 Å². The van der Waals surface area contributed by atoms with E-state index in [1.807, 2.05) is 30.3 Å². The highest BCUT2D eigenvalue weighted by Gasteiger charge is 2.12. The molecular formula is C16H19N3O2. The van der Waals surface area contributed by atoms with Gasteiger partial charge in [0.1, 0.15) is 0 Å². The summed E-state index contributed by atoms with van der Waals surface area (Å²) in [5.41, 5.74) is 1.86. The first-order valence-corrected chi connectivity index (χ1v) is 6.90. The fourth-order valence-electron chi connectivity index (χ4n) is 1.98. The number of pyridine rings is 1. The second kappa shape index (κ2) is 8.01. The van der Waals surface area contributed by atoms with E-state index in [1.165, 1.54) is 0 Å². The highest BCUT2D eigenvalue weighted by molar-refractivity contribution is 5.89. The van der Waals surface area contributed by atoms with Crippen LogP contribution in [0.2, 0.25) is 0 Å². The van der Waals surface area contributed by atoms with Gasteiger partial charge >= 0.3 is 6.03 Å². The van der Waals surface area contributed by atoms with Crippen molar-refractivity contribution in [3.63, 3.8) is 0 Å². The molecule has 5 nitrogen and oxygen atoms in total. The Morgan fingerprint density at radius 2 is 1.81 bits per heavy atom. The van der Waals surface area contributed by atoms with Crippen molar-refractivity contribution in [3.8, 4) is 0 Å². The van der Waals surface area contributed by atoms with Crippen molar-refractivity contribution in [3.05, 3.63) is 60.4 Å². The Balaban J connectivity index is 1.93. The van der Waals surface area contributed by atoms with Crippen molar-refractivity contribution >= 4 is 11.7 Å². The van der Waals surface area contributed by atoms with Gasteiger partial charge in [-0.25, -0.2) is 4.79 Å². The molecule has 0 atom stereocenters. The minimum Gasteiger partial charge on any atom is -0.395 e. The topological polar surface area (TPSA) is 65.5 Å². The van der Waals surface area contributed by atoms with Gasteiger partial charge in [0.05, 0.1) is 6.61 Å². The molecule has 110 valence electrons. The maximum absolute atomic E-state index is 12.2. The summed E-state index contributed by atoms with van der Waals surface area (Å²) in [6, 6.07) is 13.2. The predicted octanol–water partition coefficient (Wildman–Crippen LogP) is 2.15. The Morgan fingerprint density at radius 3 is 2.48 bits per heavy atom. The predicted molar refractivity (Wildman–Crippen MR) is 82.1 cm³/mol. The molecule has 0 spiro atoms. The summed E-state index contributed by atoms with van der Waals surface area (Å²) in [6.45, 7) is 0.809. The molecule has 21 heavy (non-hydrogen) atoms. The monoisotopic (exact) mass is 285 g/mol. The van der Waals surface area contributed by atoms with E-state index in [0.29, 0.717) is 18.8 Å². The van der Waals surface area contributed by atoms with Crippen molar-refractivity contribution < 1.29 is 9.90 Å². The van der Waals surface area contributed by atoms with Crippen LogP contribution in [0.5, 0.6) is 0 Å². The smallest absolute Gasteiger partial charge is 0.321 e. The Hall–Kier alpha value is -2.40. The van der Waals surface area contributed by atoms with E-state index in [2.05, 4.69) is 10.3 Å². The van der Waals surface area contributed by atoms with Gasteiger partial charge in [0.15, 0.2) is 0 Å². The molecule has 1 aromatic carbocycles. The SMILES string of the molecule is O=C(Nc1ccncc1)N(CCO)CCc1ccccc1. The second-order valence-corrected chi connectivity index (χ2v) is 4.61. The van der Waals surface area contributed by atoms with Gasteiger partial charge in [-0.15, -0.1) is 0 Å². The lowest BCUT2D eigenvalue weighted by Crippen LogP contribution is -2.38. The lowest BCUT2D eigenvalue weighted by atomic mass is 10.1. The van der Waals surface area contributed by atoms with Crippen LogP contribution in [0.25, 0.3) is 0 Å². The zero-order valence-electron chi connectivity index (χ0n) is 11.8. The number of anilines is 1. The van der Waals surface area contributed by atoms with Gasteiger partial charge in [-0.05, 0) is 24.1 Å². The number of hydrogen-bond acceptors (Lipinski definition) is 3. The van der Waals surface area contributed by atoms with Gasteiger partial charge in [-0.2, -0.15) is 0 Å². The molecule has 2 aromatic rings. The Morgan fingerprint density at radius 1 is 1.10 bits per heavy atom. The van der Waals surface area contributed by atoms with Crippen molar-refractivity contribution in [1.82, 2.24) is 9.88 Å². The fourth-order valence-corrected chi connectivity index (χ4v) is 1.98. The van der Waals surface area contributed by atoms with Crippen molar-refractivity contribution in [1.29, 1.82) is 0 Å². The number of urea groups is 1. The molecule has 0 bridgehead atoms. The minimum absolute atomic E-state index is 0.0570. The van der Waals surface area contributed by atoms with Crippen LogP contribution in [0.15, 0.2) is 54.9 Å². The van der Waals surface area contributed by atoms with Crippen molar-refractivity contribution in [2.75, 3.05) is 25.0 Å². The zero-order valence-corrected chi connectivity index (χ0v) is 11.8. The summed E-state index contributed by atoms with van der Waals surface area (Å²) in [6.07, 6.45) is 4.00. The normalized spacial score (nSPS) is 10.1. The lowest BCUT2D eigenvalue weighted by Gasteiger charge is -2.22. The van der Waals surface area contributed by atoms with Crippen LogP contribution in [-0.2, 0) is 6.42 Å². The second-order valence-electron chi connectivity index (χ2n) is 4.61. The van der Waals surface area contributed by atoms with Crippen LogP contribution < -0.4 is 5.32 Å². The first kappa shape index (κ1) is 15.0. The molecule has 0 saturated heterocycles. The van der Waals surface area contributed by atoms with Crippen LogP contribution >= 0.6 is 0 Å². The number of rotatable bonds is 6. The van der Waals surface area contributed by atoms with E-state index in [9.17, 15) is 4.79 Å². The third-order valence-electron chi connectivity index (χ3n) is 3.10. The zero-order chi connectivity index (χ0) is 14.9. The van der Waals surface area contributed by atoms with Gasteiger partial charge < -0.3 is 15.3 Å². The quantitative estimate of drug-likeness (QED) is 0.854. The first-order chi connectivity index (χ1) is 10.3. The Kier molecular flexibility index (Phi) is 5.72. The Labute approximate surface area is 124 Å². The van der Waals surface area contributed by atoms with E-state index in [0.717, 1.165) is 12.0 Å². The van der Waals surface area contributed by atoms with E-state index in [1.54, 1.807) is 29.4 Å². The van der Waals surface area contributed by atoms with Gasteiger partial charge in [-0.1, -0.05) is 30.3 Å². The number of aromatic nitrogens is 1. The van der Waals surface area contributed by atoms with Gasteiger partial charge in [0.25, 0.3) is 0 Å². The molecule has 0 radical (unpaired) electrons. The molecule has 2 N–H and O–H groups in total. The molecular weight excluding hydrogens is 266 g/mol. The average molecular weight is 285 g/mol. The highest BCUT2D eigenvalue weighted by Crippen LogP contribution is 2.07. The van der Waals surface area contributed by atoms with Crippen molar-refractivity contribution in [2.24, 2.45) is 0 Å². The summed E-state index contributed by atoms with van der Waals surface area (Å²) in [5, 5.41) is 11.9. The molecule has 2 rings (SSSR count). The molecule has 1 heterocycles. The number of hydrogen-bond donors (Lipinski definition) is 2. The van der Waals surface area contributed by atoms with Crippen LogP contribution in [0.4, 0.5) is 10.5 Å². The fraction of sp³-hybridized carbons (Fsp3) is 0.250. The lowest BCUT2D eigenvalue weighted by molar-refractivity contribution is 0.189. The summed E-state index contributed by atoms with van der Waals surface area (Å²) in [5.74, 6) is 0. The summed E-state index contributed by atoms with van der Waals surface area (Å²) >= 11 is 0. The summed E-state index contributed by atoms with van der Waals surface area (Å²) < 4.78 is 0. The number of carbonyl (C=O) groups is 1. The van der Waals surface area contributed by atoms with Crippen LogP contribution in [0, 0.1) is 0 Å². The number of nitrogens with one attached hydrogen (secondary N) is 1. The molecule has 0 unspecified atom stereocenters. The summed E-state index contributed by atoms with van der Waals surface area (Å²) in [4.78, 5) is 17.7. The van der Waals surface area contributed by atoms with E-state index in [-0.39, 0.29) is 12.6 Å². The van der Waals surface area contributed by atoms with Crippen LogP contribution in [0.3, 0.4) is 0 Å². The average Bonchev–Trinajstić information content (AvgIpc) is 2.53. The number of carbonyl (C=O) groups excluding carboxylic acids is 1. The summed E-state index contributed by atoms with van der Waals surface area (Å²) in [7, 11) is 0. The maximum atomic E-state index is 12.2. The van der Waals surface area contributed by atoms with Crippen LogP contribution in [-0.4, -0.2) is 40.7 Å². The number of aliphatic hydroxyl groups is 1. The molecule has 0 aliphatic rings. The van der Waals surface area contributed by atoms with Gasteiger partial charge in [-0.3, -0.25) is 4.98 Å². The van der Waals surface area contributed by atoms with Crippen molar-refractivity contribution in [2.45, 2.75) is 6.42 Å². The molecule has 5 heteroatoms. The molecule has 1 aromatic heterocycles. The molecule has 0 fully saturated rings. The van der Waals surface area contributed by atoms with Gasteiger partial charge in [0.2, 0.25) is 0 Å². The largest absolute Gasteiger partial charge is 0.395 e. The third kappa shape index (κ3) is 4.89. The highest BCUT2D eigenvalue weighted by atomic mass is 16.3. The molecule has 2 amide bonds. The molecule has 0 saturated carbocycles. The first-order valence-electron chi connectivity index (χ1n) is 6.90. The number of aliphatic hydroxyl groups excluding tert-OH is 1. The third-order valence-corrected chi connectivity index (χ3v) is 3.10. The van der Waals surface area contributed by atoms with E-state index < -0.39 is 0 Å². The number of benzene rings is 1. The minimum atomic E-state index is -0.216. The molecule has 0 aliphatic heterocycles.